The summed E-state index contributed by atoms with van der Waals surface area (Å²) in [5.41, 5.74) is 0.941. The number of carbonyl (C=O) groups excluding carboxylic acids is 1. The van der Waals surface area contributed by atoms with Crippen LogP contribution in [0.5, 0.6) is 0 Å². The third-order valence-corrected chi connectivity index (χ3v) is 3.92. The summed E-state index contributed by atoms with van der Waals surface area (Å²) in [7, 11) is 0. The highest BCUT2D eigenvalue weighted by Crippen LogP contribution is 2.20. The van der Waals surface area contributed by atoms with Gasteiger partial charge in [-0.3, -0.25) is 9.69 Å². The summed E-state index contributed by atoms with van der Waals surface area (Å²) < 4.78 is 0. The number of rotatable bonds is 8. The number of aliphatic hydroxyl groups excluding tert-OH is 1. The van der Waals surface area contributed by atoms with Gasteiger partial charge >= 0.3 is 0 Å². The Balaban J connectivity index is 2.57. The van der Waals surface area contributed by atoms with E-state index in [4.69, 9.17) is 5.11 Å². The monoisotopic (exact) mass is 285 g/mol. The van der Waals surface area contributed by atoms with Gasteiger partial charge in [-0.25, -0.2) is 4.98 Å². The van der Waals surface area contributed by atoms with E-state index in [0.717, 1.165) is 23.7 Å². The first-order valence-corrected chi connectivity index (χ1v) is 7.57. The fraction of sp³-hybridized carbons (Fsp3) is 0.692. The quantitative estimate of drug-likeness (QED) is 0.764. The van der Waals surface area contributed by atoms with Gasteiger partial charge in [-0.05, 0) is 19.8 Å². The first-order chi connectivity index (χ1) is 9.12. The van der Waals surface area contributed by atoms with Crippen LogP contribution in [0.2, 0.25) is 0 Å². The van der Waals surface area contributed by atoms with Crippen LogP contribution in [0.15, 0.2) is 5.38 Å². The van der Waals surface area contributed by atoms with Gasteiger partial charge in [0, 0.05) is 38.0 Å². The zero-order valence-electron chi connectivity index (χ0n) is 11.8. The number of hydrogen-bond donors (Lipinski definition) is 2. The fourth-order valence-corrected chi connectivity index (χ4v) is 2.78. The van der Waals surface area contributed by atoms with Gasteiger partial charge < -0.3 is 10.4 Å². The van der Waals surface area contributed by atoms with E-state index in [1.807, 2.05) is 12.3 Å². The van der Waals surface area contributed by atoms with E-state index in [1.165, 1.54) is 11.3 Å². The highest BCUT2D eigenvalue weighted by Gasteiger charge is 2.13. The number of aliphatic hydroxyl groups is 1. The Hall–Kier alpha value is -0.980. The number of hydrogen-bond acceptors (Lipinski definition) is 5. The second kappa shape index (κ2) is 8.24. The number of carbonyl (C=O) groups is 1. The third kappa shape index (κ3) is 4.89. The van der Waals surface area contributed by atoms with E-state index in [9.17, 15) is 4.79 Å². The smallest absolute Gasteiger partial charge is 0.225 e. The van der Waals surface area contributed by atoms with Crippen LogP contribution in [0.4, 0.5) is 5.13 Å². The summed E-state index contributed by atoms with van der Waals surface area (Å²) in [5.74, 6) is 0.0167. The van der Waals surface area contributed by atoms with Crippen LogP contribution in [-0.2, 0) is 11.3 Å². The Bertz CT molecular complexity index is 395. The minimum atomic E-state index is 0.0167. The van der Waals surface area contributed by atoms with Gasteiger partial charge in [-0.2, -0.15) is 0 Å². The number of nitrogens with one attached hydrogen (secondary N) is 1. The minimum Gasteiger partial charge on any atom is -0.396 e. The maximum absolute atomic E-state index is 11.4. The van der Waals surface area contributed by atoms with Gasteiger partial charge in [-0.15, -0.1) is 11.3 Å². The molecule has 5 nitrogen and oxygen atoms in total. The maximum Gasteiger partial charge on any atom is 0.225 e. The zero-order chi connectivity index (χ0) is 14.3. The van der Waals surface area contributed by atoms with E-state index in [1.54, 1.807) is 11.8 Å². The normalized spacial score (nSPS) is 12.4. The van der Waals surface area contributed by atoms with Gasteiger partial charge in [-0.1, -0.05) is 6.92 Å². The van der Waals surface area contributed by atoms with Gasteiger partial charge in [0.1, 0.15) is 0 Å². The van der Waals surface area contributed by atoms with Crippen LogP contribution < -0.4 is 10.2 Å². The third-order valence-electron chi connectivity index (χ3n) is 3.01. The molecule has 0 bridgehead atoms. The lowest BCUT2D eigenvalue weighted by Gasteiger charge is -2.15. The van der Waals surface area contributed by atoms with Crippen molar-refractivity contribution in [3.8, 4) is 0 Å². The Morgan fingerprint density at radius 2 is 2.32 bits per heavy atom. The zero-order valence-corrected chi connectivity index (χ0v) is 12.7. The molecule has 0 spiro atoms. The molecule has 108 valence electrons. The lowest BCUT2D eigenvalue weighted by Crippen LogP contribution is -2.29. The van der Waals surface area contributed by atoms with Crippen molar-refractivity contribution in [1.29, 1.82) is 0 Å². The Morgan fingerprint density at radius 1 is 1.58 bits per heavy atom. The van der Waals surface area contributed by atoms with Crippen LogP contribution in [0, 0.1) is 0 Å². The molecule has 1 aromatic rings. The first-order valence-electron chi connectivity index (χ1n) is 6.69. The second-order valence-corrected chi connectivity index (χ2v) is 5.22. The Labute approximate surface area is 118 Å². The summed E-state index contributed by atoms with van der Waals surface area (Å²) in [4.78, 5) is 17.6. The van der Waals surface area contributed by atoms with Gasteiger partial charge in [0.05, 0.1) is 5.69 Å². The SMILES string of the molecule is CCC(CCO)NCc1csc(N(CC)C(C)=O)n1. The number of anilines is 1. The molecular weight excluding hydrogens is 262 g/mol. The number of nitrogens with zero attached hydrogens (tertiary/aromatic N) is 2. The molecule has 1 unspecified atom stereocenters. The molecule has 0 radical (unpaired) electrons. The van der Waals surface area contributed by atoms with Crippen LogP contribution in [0.1, 0.15) is 39.3 Å². The van der Waals surface area contributed by atoms with Crippen molar-refractivity contribution in [3.05, 3.63) is 11.1 Å². The van der Waals surface area contributed by atoms with Gasteiger partial charge in [0.15, 0.2) is 5.13 Å². The lowest BCUT2D eigenvalue weighted by atomic mass is 10.1. The molecule has 19 heavy (non-hydrogen) atoms. The number of aromatic nitrogens is 1. The maximum atomic E-state index is 11.4. The largest absolute Gasteiger partial charge is 0.396 e. The molecule has 2 N–H and O–H groups in total. The lowest BCUT2D eigenvalue weighted by molar-refractivity contribution is -0.116. The van der Waals surface area contributed by atoms with E-state index < -0.39 is 0 Å². The van der Waals surface area contributed by atoms with Crippen LogP contribution in [0.3, 0.4) is 0 Å². The van der Waals surface area contributed by atoms with E-state index >= 15 is 0 Å². The van der Waals surface area contributed by atoms with Crippen LogP contribution in [-0.4, -0.2) is 35.2 Å². The van der Waals surface area contributed by atoms with Crippen LogP contribution >= 0.6 is 11.3 Å². The van der Waals surface area contributed by atoms with Crippen molar-refractivity contribution in [3.63, 3.8) is 0 Å². The number of thiazole rings is 1. The summed E-state index contributed by atoms with van der Waals surface area (Å²) in [6.45, 7) is 7.09. The molecule has 1 atom stereocenters. The molecule has 0 aliphatic heterocycles. The number of amides is 1. The topological polar surface area (TPSA) is 65.5 Å². The Morgan fingerprint density at radius 3 is 2.84 bits per heavy atom. The van der Waals surface area contributed by atoms with E-state index in [2.05, 4.69) is 17.2 Å². The molecule has 0 fully saturated rings. The van der Waals surface area contributed by atoms with Crippen LogP contribution in [0.25, 0.3) is 0 Å². The molecule has 1 aromatic heterocycles. The second-order valence-electron chi connectivity index (χ2n) is 4.38. The molecule has 0 saturated heterocycles. The molecule has 0 aliphatic rings. The fourth-order valence-electron chi connectivity index (χ4n) is 1.85. The highest BCUT2D eigenvalue weighted by atomic mass is 32.1. The summed E-state index contributed by atoms with van der Waals surface area (Å²) in [6.07, 6.45) is 1.73. The highest BCUT2D eigenvalue weighted by molar-refractivity contribution is 7.14. The molecule has 0 saturated carbocycles. The van der Waals surface area contributed by atoms with Gasteiger partial charge in [0.2, 0.25) is 5.91 Å². The van der Waals surface area contributed by atoms with Crippen molar-refractivity contribution in [1.82, 2.24) is 10.3 Å². The molecule has 1 rings (SSSR count). The molecule has 6 heteroatoms. The Kier molecular flexibility index (Phi) is 6.97. The summed E-state index contributed by atoms with van der Waals surface area (Å²) in [6, 6.07) is 0.310. The van der Waals surface area contributed by atoms with Gasteiger partial charge in [0.25, 0.3) is 0 Å². The van der Waals surface area contributed by atoms with Crippen molar-refractivity contribution in [2.24, 2.45) is 0 Å². The summed E-state index contributed by atoms with van der Waals surface area (Å²) in [5, 5.41) is 15.0. The molecule has 1 heterocycles. The average molecular weight is 285 g/mol. The van der Waals surface area contributed by atoms with Crippen molar-refractivity contribution < 1.29 is 9.90 Å². The van der Waals surface area contributed by atoms with Crippen molar-refractivity contribution in [2.75, 3.05) is 18.1 Å². The van der Waals surface area contributed by atoms with Crippen molar-refractivity contribution >= 4 is 22.4 Å². The molecule has 0 aliphatic carbocycles. The van der Waals surface area contributed by atoms with E-state index in [-0.39, 0.29) is 12.5 Å². The van der Waals surface area contributed by atoms with E-state index in [0.29, 0.717) is 19.1 Å². The first kappa shape index (κ1) is 16.1. The predicted octanol–water partition coefficient (Wildman–Crippen LogP) is 1.77. The molecule has 1 amide bonds. The predicted molar refractivity (Wildman–Crippen MR) is 78.4 cm³/mol. The minimum absolute atomic E-state index is 0.0167. The molecular formula is C13H23N3O2S. The summed E-state index contributed by atoms with van der Waals surface area (Å²) >= 11 is 1.49. The molecule has 0 aromatic carbocycles. The standard InChI is InChI=1S/C13H23N3O2S/c1-4-11(6-7-17)14-8-12-9-19-13(15-12)16(5-2)10(3)18/h9,11,14,17H,4-8H2,1-3H3. The average Bonchev–Trinajstić information content (AvgIpc) is 2.83. The van der Waals surface area contributed by atoms with Crippen molar-refractivity contribution in [2.45, 2.75) is 46.2 Å².